The van der Waals surface area contributed by atoms with Gasteiger partial charge in [-0.3, -0.25) is 9.59 Å². The smallest absolute Gasteiger partial charge is 0.221 e. The van der Waals surface area contributed by atoms with Gasteiger partial charge in [0.15, 0.2) is 6.29 Å². The zero-order valence-corrected chi connectivity index (χ0v) is 13.4. The van der Waals surface area contributed by atoms with Crippen LogP contribution in [0.15, 0.2) is 48.5 Å². The van der Waals surface area contributed by atoms with E-state index in [0.717, 1.165) is 17.2 Å². The summed E-state index contributed by atoms with van der Waals surface area (Å²) >= 11 is 0. The fourth-order valence-corrected chi connectivity index (χ4v) is 2.54. The van der Waals surface area contributed by atoms with Gasteiger partial charge in [0.05, 0.1) is 18.3 Å². The predicted octanol–water partition coefficient (Wildman–Crippen LogP) is 3.68. The number of nitrogens with one attached hydrogen (secondary N) is 1. The van der Waals surface area contributed by atoms with Crippen molar-refractivity contribution in [2.24, 2.45) is 0 Å². The zero-order chi connectivity index (χ0) is 17.1. The number of nitrogens with zero attached hydrogens (tertiary/aromatic N) is 1. The Hall–Kier alpha value is -3.21. The molecule has 0 spiro atoms. The third-order valence-electron chi connectivity index (χ3n) is 3.68. The maximum absolute atomic E-state index is 11.4. The Labute approximate surface area is 139 Å². The van der Waals surface area contributed by atoms with Crippen molar-refractivity contribution in [2.75, 3.05) is 12.4 Å². The Bertz CT molecular complexity index is 918. The summed E-state index contributed by atoms with van der Waals surface area (Å²) in [5, 5.41) is 3.50. The number of fused-ring (bicyclic) bond motifs is 1. The molecule has 0 atom stereocenters. The lowest BCUT2D eigenvalue weighted by atomic mass is 10.0. The predicted molar refractivity (Wildman–Crippen MR) is 93.4 cm³/mol. The molecule has 0 aliphatic heterocycles. The van der Waals surface area contributed by atoms with Gasteiger partial charge in [0, 0.05) is 35.2 Å². The van der Waals surface area contributed by atoms with E-state index in [4.69, 9.17) is 4.74 Å². The van der Waals surface area contributed by atoms with Gasteiger partial charge in [-0.05, 0) is 30.3 Å². The molecule has 3 aromatic rings. The molecule has 24 heavy (non-hydrogen) atoms. The van der Waals surface area contributed by atoms with Crippen molar-refractivity contribution in [3.05, 3.63) is 54.1 Å². The Kier molecular flexibility index (Phi) is 4.24. The molecule has 0 fully saturated rings. The number of benzene rings is 2. The summed E-state index contributed by atoms with van der Waals surface area (Å²) in [5.41, 5.74) is 3.52. The summed E-state index contributed by atoms with van der Waals surface area (Å²) in [7, 11) is 1.59. The maximum atomic E-state index is 11.4. The minimum atomic E-state index is -0.123. The van der Waals surface area contributed by atoms with Gasteiger partial charge in [-0.25, -0.2) is 4.98 Å². The van der Waals surface area contributed by atoms with Crippen LogP contribution in [0.3, 0.4) is 0 Å². The van der Waals surface area contributed by atoms with Gasteiger partial charge in [0.25, 0.3) is 0 Å². The van der Waals surface area contributed by atoms with Crippen molar-refractivity contribution in [3.8, 4) is 17.0 Å². The van der Waals surface area contributed by atoms with E-state index >= 15 is 0 Å². The highest BCUT2D eigenvalue weighted by atomic mass is 16.5. The van der Waals surface area contributed by atoms with Crippen molar-refractivity contribution in [1.82, 2.24) is 4.98 Å². The van der Waals surface area contributed by atoms with Gasteiger partial charge >= 0.3 is 0 Å². The SMILES string of the molecule is COc1ccc2c(C=O)cc(-c3ccc(NC(C)=O)cc3)nc2c1. The van der Waals surface area contributed by atoms with Crippen molar-refractivity contribution < 1.29 is 14.3 Å². The summed E-state index contributed by atoms with van der Waals surface area (Å²) in [6, 6.07) is 14.5. The molecule has 1 aromatic heterocycles. The van der Waals surface area contributed by atoms with E-state index in [2.05, 4.69) is 10.3 Å². The molecule has 0 saturated heterocycles. The molecular formula is C19H16N2O3. The fourth-order valence-electron chi connectivity index (χ4n) is 2.54. The number of hydrogen-bond donors (Lipinski definition) is 1. The number of aromatic nitrogens is 1. The Morgan fingerprint density at radius 2 is 1.88 bits per heavy atom. The molecule has 0 aliphatic rings. The second kappa shape index (κ2) is 6.50. The molecule has 0 bridgehead atoms. The molecule has 0 saturated carbocycles. The number of aldehydes is 1. The largest absolute Gasteiger partial charge is 0.497 e. The van der Waals surface area contributed by atoms with Gasteiger partial charge < -0.3 is 10.1 Å². The molecule has 2 aromatic carbocycles. The molecule has 5 heteroatoms. The van der Waals surface area contributed by atoms with Crippen LogP contribution in [0.2, 0.25) is 0 Å². The highest BCUT2D eigenvalue weighted by Crippen LogP contribution is 2.27. The molecule has 5 nitrogen and oxygen atoms in total. The lowest BCUT2D eigenvalue weighted by Crippen LogP contribution is -2.05. The summed E-state index contributed by atoms with van der Waals surface area (Å²) in [4.78, 5) is 27.1. The first-order valence-corrected chi connectivity index (χ1v) is 7.42. The number of carbonyl (C=O) groups excluding carboxylic acids is 2. The highest BCUT2D eigenvalue weighted by Gasteiger charge is 2.08. The standard InChI is InChI=1S/C19H16N2O3/c1-12(23)20-15-5-3-13(4-6-15)18-9-14(11-22)17-8-7-16(24-2)10-19(17)21-18/h3-11H,1-2H3,(H,20,23). The summed E-state index contributed by atoms with van der Waals surface area (Å²) in [5.74, 6) is 0.562. The average Bonchev–Trinajstić information content (AvgIpc) is 2.60. The van der Waals surface area contributed by atoms with Crippen molar-refractivity contribution in [1.29, 1.82) is 0 Å². The number of methoxy groups -OCH3 is 1. The van der Waals surface area contributed by atoms with E-state index in [1.807, 2.05) is 18.2 Å². The van der Waals surface area contributed by atoms with E-state index in [-0.39, 0.29) is 5.91 Å². The number of hydrogen-bond acceptors (Lipinski definition) is 4. The molecule has 3 rings (SSSR count). The van der Waals surface area contributed by atoms with E-state index < -0.39 is 0 Å². The molecule has 1 N–H and O–H groups in total. The monoisotopic (exact) mass is 320 g/mol. The first kappa shape index (κ1) is 15.7. The van der Waals surface area contributed by atoms with Crippen LogP contribution in [0.5, 0.6) is 5.75 Å². The highest BCUT2D eigenvalue weighted by molar-refractivity contribution is 5.98. The second-order valence-corrected chi connectivity index (χ2v) is 5.36. The molecule has 0 aliphatic carbocycles. The molecule has 0 radical (unpaired) electrons. The topological polar surface area (TPSA) is 68.3 Å². The van der Waals surface area contributed by atoms with Gasteiger partial charge in [0.2, 0.25) is 5.91 Å². The Morgan fingerprint density at radius 3 is 2.50 bits per heavy atom. The van der Waals surface area contributed by atoms with Crippen LogP contribution in [0, 0.1) is 0 Å². The van der Waals surface area contributed by atoms with Crippen LogP contribution in [0.1, 0.15) is 17.3 Å². The molecule has 120 valence electrons. The van der Waals surface area contributed by atoms with Crippen molar-refractivity contribution in [2.45, 2.75) is 6.92 Å². The molecular weight excluding hydrogens is 304 g/mol. The van der Waals surface area contributed by atoms with Crippen LogP contribution in [-0.2, 0) is 4.79 Å². The lowest BCUT2D eigenvalue weighted by molar-refractivity contribution is -0.114. The number of amides is 1. The number of anilines is 1. The average molecular weight is 320 g/mol. The van der Waals surface area contributed by atoms with E-state index in [0.29, 0.717) is 28.2 Å². The minimum Gasteiger partial charge on any atom is -0.497 e. The zero-order valence-electron chi connectivity index (χ0n) is 13.4. The molecule has 1 heterocycles. The number of ether oxygens (including phenoxy) is 1. The van der Waals surface area contributed by atoms with E-state index in [9.17, 15) is 9.59 Å². The first-order valence-electron chi connectivity index (χ1n) is 7.42. The summed E-state index contributed by atoms with van der Waals surface area (Å²) in [6.07, 6.45) is 0.825. The van der Waals surface area contributed by atoms with Crippen molar-refractivity contribution in [3.63, 3.8) is 0 Å². The third kappa shape index (κ3) is 3.10. The lowest BCUT2D eigenvalue weighted by Gasteiger charge is -2.09. The van der Waals surface area contributed by atoms with Crippen molar-refractivity contribution >= 4 is 28.8 Å². The van der Waals surface area contributed by atoms with E-state index in [1.165, 1.54) is 6.92 Å². The molecule has 1 amide bonds. The fraction of sp³-hybridized carbons (Fsp3) is 0.105. The molecule has 0 unspecified atom stereocenters. The van der Waals surface area contributed by atoms with Crippen LogP contribution < -0.4 is 10.1 Å². The number of carbonyl (C=O) groups is 2. The van der Waals surface area contributed by atoms with Crippen LogP contribution in [0.4, 0.5) is 5.69 Å². The first-order chi connectivity index (χ1) is 11.6. The van der Waals surface area contributed by atoms with Crippen LogP contribution in [-0.4, -0.2) is 24.3 Å². The van der Waals surface area contributed by atoms with E-state index in [1.54, 1.807) is 37.4 Å². The third-order valence-corrected chi connectivity index (χ3v) is 3.68. The van der Waals surface area contributed by atoms with Gasteiger partial charge in [-0.1, -0.05) is 12.1 Å². The Balaban J connectivity index is 2.08. The second-order valence-electron chi connectivity index (χ2n) is 5.36. The van der Waals surface area contributed by atoms with Gasteiger partial charge in [0.1, 0.15) is 5.75 Å². The number of rotatable bonds is 4. The quantitative estimate of drug-likeness (QED) is 0.745. The van der Waals surface area contributed by atoms with Gasteiger partial charge in [-0.15, -0.1) is 0 Å². The number of pyridine rings is 1. The van der Waals surface area contributed by atoms with Crippen LogP contribution >= 0.6 is 0 Å². The normalized spacial score (nSPS) is 10.4. The van der Waals surface area contributed by atoms with Gasteiger partial charge in [-0.2, -0.15) is 0 Å². The maximum Gasteiger partial charge on any atom is 0.221 e. The van der Waals surface area contributed by atoms with Crippen LogP contribution in [0.25, 0.3) is 22.2 Å². The minimum absolute atomic E-state index is 0.123. The summed E-state index contributed by atoms with van der Waals surface area (Å²) < 4.78 is 5.23. The Morgan fingerprint density at radius 1 is 1.12 bits per heavy atom. The summed E-state index contributed by atoms with van der Waals surface area (Å²) in [6.45, 7) is 1.46.